The van der Waals surface area contributed by atoms with Crippen LogP contribution >= 0.6 is 11.3 Å². The van der Waals surface area contributed by atoms with Crippen LogP contribution in [0.1, 0.15) is 29.0 Å². The summed E-state index contributed by atoms with van der Waals surface area (Å²) in [5, 5.41) is 1.82. The van der Waals surface area contributed by atoms with Gasteiger partial charge in [0.05, 0.1) is 30.0 Å². The van der Waals surface area contributed by atoms with Gasteiger partial charge in [-0.25, -0.2) is 4.98 Å². The maximum atomic E-state index is 12.5. The molecule has 4 rings (SSSR count). The summed E-state index contributed by atoms with van der Waals surface area (Å²) in [6, 6.07) is 6.02. The number of carbonyl (C=O) groups excluding carboxylic acids is 1. The molecule has 1 saturated heterocycles. The van der Waals surface area contributed by atoms with Crippen molar-refractivity contribution in [2.45, 2.75) is 31.6 Å². The summed E-state index contributed by atoms with van der Waals surface area (Å²) in [7, 11) is 0. The highest BCUT2D eigenvalue weighted by molar-refractivity contribution is 7.07. The van der Waals surface area contributed by atoms with Crippen molar-refractivity contribution in [1.82, 2.24) is 14.9 Å². The molecular weight excluding hydrogens is 298 g/mol. The molecule has 0 radical (unpaired) electrons. The molecule has 3 heterocycles. The molecule has 0 spiro atoms. The Bertz CT molecular complexity index is 647. The number of hydrogen-bond acceptors (Lipinski definition) is 5. The van der Waals surface area contributed by atoms with E-state index in [1.807, 2.05) is 28.5 Å². The summed E-state index contributed by atoms with van der Waals surface area (Å²) < 4.78 is 6.10. The lowest BCUT2D eigenvalue weighted by Crippen LogP contribution is -2.40. The van der Waals surface area contributed by atoms with E-state index in [9.17, 15) is 4.79 Å². The number of likely N-dealkylation sites (tertiary alicyclic amines) is 1. The van der Waals surface area contributed by atoms with Crippen LogP contribution in [0.25, 0.3) is 0 Å². The lowest BCUT2D eigenvalue weighted by atomic mass is 10.1. The molecule has 114 valence electrons. The fourth-order valence-corrected chi connectivity index (χ4v) is 4.08. The third-order valence-electron chi connectivity index (χ3n) is 4.57. The molecule has 2 bridgehead atoms. The van der Waals surface area contributed by atoms with Gasteiger partial charge in [-0.05, 0) is 25.0 Å². The van der Waals surface area contributed by atoms with E-state index in [0.29, 0.717) is 18.2 Å². The molecule has 1 aliphatic heterocycles. The summed E-state index contributed by atoms with van der Waals surface area (Å²) in [6.45, 7) is 1.30. The molecule has 0 unspecified atom stereocenters. The molecule has 0 aromatic carbocycles. The summed E-state index contributed by atoms with van der Waals surface area (Å²) in [5.74, 6) is 0.483. The predicted molar refractivity (Wildman–Crippen MR) is 82.5 cm³/mol. The standard InChI is InChI=1S/C16H17N3O2S/c20-16(13-9-22-10-18-13)19-7-11-4-5-14(19)15(11)21-8-12-3-1-2-6-17-12/h1-3,6,9-11,14-15H,4-5,7-8H2/t11-,14+,15-/m1/s1. The van der Waals surface area contributed by atoms with E-state index in [-0.39, 0.29) is 18.1 Å². The fraction of sp³-hybridized carbons (Fsp3) is 0.438. The van der Waals surface area contributed by atoms with Gasteiger partial charge in [0.1, 0.15) is 5.69 Å². The third-order valence-corrected chi connectivity index (χ3v) is 5.16. The Labute approximate surface area is 133 Å². The van der Waals surface area contributed by atoms with Crippen LogP contribution < -0.4 is 0 Å². The van der Waals surface area contributed by atoms with E-state index in [4.69, 9.17) is 4.74 Å². The number of amides is 1. The Hall–Kier alpha value is -1.79. The van der Waals surface area contributed by atoms with E-state index in [2.05, 4.69) is 9.97 Å². The first-order valence-electron chi connectivity index (χ1n) is 7.53. The summed E-state index contributed by atoms with van der Waals surface area (Å²) in [5.41, 5.74) is 3.20. The third kappa shape index (κ3) is 2.42. The smallest absolute Gasteiger partial charge is 0.273 e. The van der Waals surface area contributed by atoms with Gasteiger partial charge in [-0.15, -0.1) is 11.3 Å². The molecule has 22 heavy (non-hydrogen) atoms. The minimum absolute atomic E-state index is 0.0416. The van der Waals surface area contributed by atoms with Gasteiger partial charge in [0, 0.05) is 24.0 Å². The van der Waals surface area contributed by atoms with Crippen LogP contribution in [0, 0.1) is 5.92 Å². The Balaban J connectivity index is 1.44. The highest BCUT2D eigenvalue weighted by atomic mass is 32.1. The normalized spacial score (nSPS) is 26.5. The Morgan fingerprint density at radius 3 is 3.09 bits per heavy atom. The van der Waals surface area contributed by atoms with Gasteiger partial charge in [-0.2, -0.15) is 0 Å². The van der Waals surface area contributed by atoms with Crippen molar-refractivity contribution in [2.75, 3.05) is 6.54 Å². The maximum absolute atomic E-state index is 12.5. The van der Waals surface area contributed by atoms with E-state index in [0.717, 1.165) is 25.1 Å². The number of nitrogens with zero attached hydrogens (tertiary/aromatic N) is 3. The van der Waals surface area contributed by atoms with Crippen molar-refractivity contribution in [3.63, 3.8) is 0 Å². The molecule has 6 heteroatoms. The Morgan fingerprint density at radius 1 is 1.36 bits per heavy atom. The Morgan fingerprint density at radius 2 is 2.32 bits per heavy atom. The number of rotatable bonds is 4. The summed E-state index contributed by atoms with van der Waals surface area (Å²) in [6.07, 6.45) is 4.07. The van der Waals surface area contributed by atoms with Crippen molar-refractivity contribution in [3.05, 3.63) is 46.7 Å². The van der Waals surface area contributed by atoms with Crippen molar-refractivity contribution in [2.24, 2.45) is 5.92 Å². The van der Waals surface area contributed by atoms with Crippen molar-refractivity contribution >= 4 is 17.2 Å². The number of fused-ring (bicyclic) bond motifs is 2. The van der Waals surface area contributed by atoms with Crippen LogP contribution in [0.15, 0.2) is 35.3 Å². The summed E-state index contributed by atoms with van der Waals surface area (Å²) >= 11 is 1.46. The van der Waals surface area contributed by atoms with Crippen molar-refractivity contribution in [1.29, 1.82) is 0 Å². The van der Waals surface area contributed by atoms with Crippen molar-refractivity contribution in [3.8, 4) is 0 Å². The molecule has 1 saturated carbocycles. The maximum Gasteiger partial charge on any atom is 0.273 e. The number of hydrogen-bond donors (Lipinski definition) is 0. The zero-order valence-electron chi connectivity index (χ0n) is 12.1. The van der Waals surface area contributed by atoms with Gasteiger partial charge in [-0.3, -0.25) is 9.78 Å². The minimum Gasteiger partial charge on any atom is -0.369 e. The first-order chi connectivity index (χ1) is 10.8. The largest absolute Gasteiger partial charge is 0.369 e. The molecule has 3 atom stereocenters. The first kappa shape index (κ1) is 13.8. The van der Waals surface area contributed by atoms with Crippen molar-refractivity contribution < 1.29 is 9.53 Å². The van der Waals surface area contributed by atoms with Crippen LogP contribution in [0.5, 0.6) is 0 Å². The SMILES string of the molecule is O=C(c1cscn1)N1C[C@H]2CC[C@H]1[C@@H]2OCc1ccccn1. The number of thiazole rings is 1. The van der Waals surface area contributed by atoms with Gasteiger partial charge in [-0.1, -0.05) is 6.07 Å². The van der Waals surface area contributed by atoms with Crippen LogP contribution in [0.4, 0.5) is 0 Å². The number of aromatic nitrogens is 2. The van der Waals surface area contributed by atoms with Gasteiger partial charge in [0.2, 0.25) is 0 Å². The molecule has 5 nitrogen and oxygen atoms in total. The summed E-state index contributed by atoms with van der Waals surface area (Å²) in [4.78, 5) is 22.9. The molecule has 2 aromatic rings. The molecule has 2 aromatic heterocycles. The molecule has 1 amide bonds. The first-order valence-corrected chi connectivity index (χ1v) is 8.48. The second-order valence-electron chi connectivity index (χ2n) is 5.83. The van der Waals surface area contributed by atoms with Crippen LogP contribution in [-0.2, 0) is 11.3 Å². The fourth-order valence-electron chi connectivity index (χ4n) is 3.56. The average molecular weight is 315 g/mol. The van der Waals surface area contributed by atoms with E-state index in [1.165, 1.54) is 11.3 Å². The van der Waals surface area contributed by atoms with Crippen LogP contribution in [-0.4, -0.2) is 39.5 Å². The highest BCUT2D eigenvalue weighted by Gasteiger charge is 2.49. The van der Waals surface area contributed by atoms with Crippen LogP contribution in [0.2, 0.25) is 0 Å². The van der Waals surface area contributed by atoms with E-state index >= 15 is 0 Å². The van der Waals surface area contributed by atoms with Gasteiger partial charge in [0.25, 0.3) is 5.91 Å². The minimum atomic E-state index is 0.0416. The average Bonchev–Trinajstić information content (AvgIpc) is 3.29. The molecule has 1 aliphatic carbocycles. The molecule has 2 aliphatic rings. The van der Waals surface area contributed by atoms with E-state index in [1.54, 1.807) is 11.7 Å². The number of carbonyl (C=O) groups is 1. The topological polar surface area (TPSA) is 55.3 Å². The highest BCUT2D eigenvalue weighted by Crippen LogP contribution is 2.40. The van der Waals surface area contributed by atoms with Crippen LogP contribution in [0.3, 0.4) is 0 Å². The molecular formula is C16H17N3O2S. The number of ether oxygens (including phenoxy) is 1. The predicted octanol–water partition coefficient (Wildman–Crippen LogP) is 2.36. The zero-order chi connectivity index (χ0) is 14.9. The lowest BCUT2D eigenvalue weighted by Gasteiger charge is -2.26. The zero-order valence-corrected chi connectivity index (χ0v) is 12.9. The lowest BCUT2D eigenvalue weighted by molar-refractivity contribution is 0.0144. The van der Waals surface area contributed by atoms with E-state index < -0.39 is 0 Å². The second kappa shape index (κ2) is 5.78. The Kier molecular flexibility index (Phi) is 3.63. The second-order valence-corrected chi connectivity index (χ2v) is 6.55. The van der Waals surface area contributed by atoms with Gasteiger partial charge >= 0.3 is 0 Å². The molecule has 0 N–H and O–H groups in total. The van der Waals surface area contributed by atoms with Gasteiger partial charge in [0.15, 0.2) is 0 Å². The number of piperidine rings is 1. The molecule has 2 fully saturated rings. The quantitative estimate of drug-likeness (QED) is 0.869. The number of pyridine rings is 1. The monoisotopic (exact) mass is 315 g/mol. The van der Waals surface area contributed by atoms with Gasteiger partial charge < -0.3 is 9.64 Å².